The first-order valence-corrected chi connectivity index (χ1v) is 8.82. The fourth-order valence-electron chi connectivity index (χ4n) is 2.70. The van der Waals surface area contributed by atoms with Gasteiger partial charge >= 0.3 is 12.2 Å². The Morgan fingerprint density at radius 1 is 1.23 bits per heavy atom. The van der Waals surface area contributed by atoms with Crippen LogP contribution in [0, 0.1) is 17.0 Å². The molecule has 0 aliphatic heterocycles. The topological polar surface area (TPSA) is 159 Å². The zero-order valence-corrected chi connectivity index (χ0v) is 16.4. The van der Waals surface area contributed by atoms with Gasteiger partial charge in [-0.05, 0) is 31.2 Å². The van der Waals surface area contributed by atoms with Gasteiger partial charge in [0.15, 0.2) is 0 Å². The molecule has 2 aromatic heterocycles. The highest BCUT2D eigenvalue weighted by atomic mass is 16.7. The summed E-state index contributed by atoms with van der Waals surface area (Å²) in [7, 11) is 1.66. The minimum atomic E-state index is -1.19. The highest BCUT2D eigenvalue weighted by molar-refractivity contribution is 5.84. The molecule has 0 spiro atoms. The molecule has 0 unspecified atom stereocenters. The van der Waals surface area contributed by atoms with Gasteiger partial charge in [-0.25, -0.2) is 9.59 Å². The second kappa shape index (κ2) is 8.90. The molecule has 0 aliphatic carbocycles. The number of hydrogen-bond acceptors (Lipinski definition) is 8. The summed E-state index contributed by atoms with van der Waals surface area (Å²) >= 11 is 0. The lowest BCUT2D eigenvalue weighted by atomic mass is 10.1. The van der Waals surface area contributed by atoms with E-state index in [9.17, 15) is 19.7 Å². The summed E-state index contributed by atoms with van der Waals surface area (Å²) in [5, 5.41) is 25.9. The molecule has 0 bridgehead atoms. The van der Waals surface area contributed by atoms with E-state index in [4.69, 9.17) is 14.6 Å². The summed E-state index contributed by atoms with van der Waals surface area (Å²) in [6.07, 6.45) is -0.641. The first-order chi connectivity index (χ1) is 14.7. The maximum absolute atomic E-state index is 12.0. The molecule has 12 nitrogen and oxygen atoms in total. The van der Waals surface area contributed by atoms with E-state index in [1.807, 2.05) is 0 Å². The largest absolute Gasteiger partial charge is 0.514 e. The number of nitro groups is 1. The second-order valence-electron chi connectivity index (χ2n) is 6.28. The van der Waals surface area contributed by atoms with Gasteiger partial charge in [0.05, 0.1) is 33.9 Å². The first-order valence-electron chi connectivity index (χ1n) is 8.82. The number of carbonyl (C=O) groups is 2. The van der Waals surface area contributed by atoms with Crippen molar-refractivity contribution in [1.82, 2.24) is 14.8 Å². The smallest absolute Gasteiger partial charge is 0.465 e. The van der Waals surface area contributed by atoms with Crippen LogP contribution in [0.2, 0.25) is 0 Å². The molecule has 3 aromatic rings. The van der Waals surface area contributed by atoms with Crippen LogP contribution in [0.15, 0.2) is 42.6 Å². The van der Waals surface area contributed by atoms with Gasteiger partial charge in [-0.1, -0.05) is 0 Å². The van der Waals surface area contributed by atoms with Crippen LogP contribution in [0.4, 0.5) is 21.0 Å². The number of benzene rings is 1. The zero-order valence-electron chi connectivity index (χ0n) is 16.4. The third kappa shape index (κ3) is 5.12. The van der Waals surface area contributed by atoms with Crippen molar-refractivity contribution in [2.45, 2.75) is 13.5 Å². The standard InChI is InChI=1S/C19H17N5O7/c1-11-15(22-18(25)26)7-8-16(21-11)14-9-20-23(2)17(14)10-30-19(27)31-13-5-3-12(4-6-13)24(28)29/h3-9,22H,10H2,1-2H3,(H,25,26). The van der Waals surface area contributed by atoms with Gasteiger partial charge in [-0.3, -0.25) is 25.1 Å². The molecule has 1 aromatic carbocycles. The van der Waals surface area contributed by atoms with E-state index in [0.29, 0.717) is 28.3 Å². The molecule has 12 heteroatoms. The number of rotatable bonds is 6. The predicted octanol–water partition coefficient (Wildman–Crippen LogP) is 3.50. The fourth-order valence-corrected chi connectivity index (χ4v) is 2.70. The number of amides is 1. The zero-order chi connectivity index (χ0) is 22.5. The molecule has 31 heavy (non-hydrogen) atoms. The van der Waals surface area contributed by atoms with Crippen molar-refractivity contribution in [3.05, 3.63) is 64.1 Å². The molecule has 0 saturated carbocycles. The van der Waals surface area contributed by atoms with E-state index >= 15 is 0 Å². The number of anilines is 1. The van der Waals surface area contributed by atoms with E-state index in [2.05, 4.69) is 15.4 Å². The van der Waals surface area contributed by atoms with Crippen LogP contribution in [0.5, 0.6) is 5.75 Å². The van der Waals surface area contributed by atoms with Crippen molar-refractivity contribution >= 4 is 23.6 Å². The third-order valence-corrected chi connectivity index (χ3v) is 4.24. The second-order valence-corrected chi connectivity index (χ2v) is 6.28. The van der Waals surface area contributed by atoms with Crippen molar-refractivity contribution in [3.8, 4) is 17.0 Å². The lowest BCUT2D eigenvalue weighted by molar-refractivity contribution is -0.384. The molecule has 0 saturated heterocycles. The molecule has 3 rings (SSSR count). The Balaban J connectivity index is 1.70. The summed E-state index contributed by atoms with van der Waals surface area (Å²) in [6, 6.07) is 8.18. The Morgan fingerprint density at radius 2 is 1.94 bits per heavy atom. The van der Waals surface area contributed by atoms with Crippen LogP contribution in [-0.2, 0) is 18.4 Å². The number of nitrogens with one attached hydrogen (secondary N) is 1. The van der Waals surface area contributed by atoms with E-state index in [1.54, 1.807) is 32.3 Å². The molecule has 2 heterocycles. The van der Waals surface area contributed by atoms with Crippen molar-refractivity contribution in [2.24, 2.45) is 7.05 Å². The average Bonchev–Trinajstić information content (AvgIpc) is 3.08. The van der Waals surface area contributed by atoms with Gasteiger partial charge in [0.2, 0.25) is 0 Å². The monoisotopic (exact) mass is 427 g/mol. The van der Waals surface area contributed by atoms with Gasteiger partial charge in [0.1, 0.15) is 12.4 Å². The summed E-state index contributed by atoms with van der Waals surface area (Å²) < 4.78 is 11.7. The summed E-state index contributed by atoms with van der Waals surface area (Å²) in [6.45, 7) is 1.48. The van der Waals surface area contributed by atoms with Crippen LogP contribution in [0.1, 0.15) is 11.4 Å². The van der Waals surface area contributed by atoms with E-state index in [-0.39, 0.29) is 18.0 Å². The summed E-state index contributed by atoms with van der Waals surface area (Å²) in [5.74, 6) is 0.0969. The Bertz CT molecular complexity index is 1140. The number of nitrogens with zero attached hydrogens (tertiary/aromatic N) is 4. The lowest BCUT2D eigenvalue weighted by Crippen LogP contribution is -2.13. The van der Waals surface area contributed by atoms with Crippen LogP contribution >= 0.6 is 0 Å². The summed E-state index contributed by atoms with van der Waals surface area (Å²) in [5.41, 5.74) is 2.33. The molecule has 0 fully saturated rings. The van der Waals surface area contributed by atoms with E-state index in [0.717, 1.165) is 0 Å². The van der Waals surface area contributed by atoms with Gasteiger partial charge < -0.3 is 14.6 Å². The van der Waals surface area contributed by atoms with Crippen LogP contribution in [0.25, 0.3) is 11.3 Å². The number of ether oxygens (including phenoxy) is 2. The number of aromatic nitrogens is 3. The molecule has 0 atom stereocenters. The van der Waals surface area contributed by atoms with Crippen LogP contribution < -0.4 is 10.1 Å². The average molecular weight is 427 g/mol. The van der Waals surface area contributed by atoms with Crippen LogP contribution in [0.3, 0.4) is 0 Å². The highest BCUT2D eigenvalue weighted by Gasteiger charge is 2.17. The number of pyridine rings is 1. The van der Waals surface area contributed by atoms with E-state index < -0.39 is 17.2 Å². The Labute approximate surface area is 175 Å². The Morgan fingerprint density at radius 3 is 2.55 bits per heavy atom. The number of non-ortho nitro benzene ring substituents is 1. The molecular weight excluding hydrogens is 410 g/mol. The maximum Gasteiger partial charge on any atom is 0.514 e. The first kappa shape index (κ1) is 21.2. The molecule has 160 valence electrons. The number of hydrogen-bond donors (Lipinski definition) is 2. The SMILES string of the molecule is Cc1nc(-c2cnn(C)c2COC(=O)Oc2ccc([N+](=O)[O-])cc2)ccc1NC(=O)O. The molecule has 0 radical (unpaired) electrons. The number of carbonyl (C=O) groups excluding carboxylic acids is 1. The number of carboxylic acid groups (broad SMARTS) is 1. The van der Waals surface area contributed by atoms with Crippen molar-refractivity contribution in [1.29, 1.82) is 0 Å². The molecule has 1 amide bonds. The predicted molar refractivity (Wildman–Crippen MR) is 107 cm³/mol. The lowest BCUT2D eigenvalue weighted by Gasteiger charge is -2.10. The Kier molecular flexibility index (Phi) is 6.10. The van der Waals surface area contributed by atoms with Gasteiger partial charge in [-0.15, -0.1) is 0 Å². The van der Waals surface area contributed by atoms with Crippen LogP contribution in [-0.4, -0.2) is 37.0 Å². The molecule has 0 aliphatic rings. The van der Waals surface area contributed by atoms with Crippen molar-refractivity contribution in [3.63, 3.8) is 0 Å². The summed E-state index contributed by atoms with van der Waals surface area (Å²) in [4.78, 5) is 37.3. The van der Waals surface area contributed by atoms with Crippen molar-refractivity contribution < 1.29 is 29.1 Å². The minimum absolute atomic E-state index is 0.0969. The van der Waals surface area contributed by atoms with Gasteiger partial charge in [0.25, 0.3) is 5.69 Å². The number of aryl methyl sites for hydroxylation is 2. The third-order valence-electron chi connectivity index (χ3n) is 4.24. The minimum Gasteiger partial charge on any atom is -0.465 e. The number of nitro benzene ring substituents is 1. The van der Waals surface area contributed by atoms with Gasteiger partial charge in [-0.2, -0.15) is 5.10 Å². The Hall–Kier alpha value is -4.48. The quantitative estimate of drug-likeness (QED) is 0.260. The van der Waals surface area contributed by atoms with E-state index in [1.165, 1.54) is 28.9 Å². The highest BCUT2D eigenvalue weighted by Crippen LogP contribution is 2.25. The van der Waals surface area contributed by atoms with Crippen molar-refractivity contribution in [2.75, 3.05) is 5.32 Å². The normalized spacial score (nSPS) is 10.4. The molecule has 2 N–H and O–H groups in total. The maximum atomic E-state index is 12.0. The molecular formula is C19H17N5O7. The van der Waals surface area contributed by atoms with Gasteiger partial charge in [0, 0.05) is 24.7 Å². The fraction of sp³-hybridized carbons (Fsp3) is 0.158.